The van der Waals surface area contributed by atoms with E-state index < -0.39 is 16.8 Å². The molecule has 0 unspecified atom stereocenters. The second-order valence-electron chi connectivity index (χ2n) is 6.06. The van der Waals surface area contributed by atoms with Crippen LogP contribution in [0.25, 0.3) is 0 Å². The van der Waals surface area contributed by atoms with Crippen molar-refractivity contribution in [1.82, 2.24) is 0 Å². The molecule has 5 heteroatoms. The summed E-state index contributed by atoms with van der Waals surface area (Å²) in [6, 6.07) is 15.7. The summed E-state index contributed by atoms with van der Waals surface area (Å²) in [6.07, 6.45) is 0. The van der Waals surface area contributed by atoms with Crippen molar-refractivity contribution in [3.05, 3.63) is 30.3 Å². The normalized spacial score (nSPS) is 12.5. The number of rotatable bonds is 10. The molecular formula is C17H33NO2Si2. The van der Waals surface area contributed by atoms with Gasteiger partial charge in [-0.15, -0.1) is 0 Å². The number of para-hydroxylation sites is 1. The molecule has 0 aliphatic carbocycles. The van der Waals surface area contributed by atoms with Gasteiger partial charge >= 0.3 is 8.56 Å². The largest absolute Gasteiger partial charge is 0.398 e. The molecule has 0 aliphatic rings. The number of nitrogens with zero attached hydrogens (tertiary/aromatic N) is 1. The minimum atomic E-state index is -2.03. The van der Waals surface area contributed by atoms with E-state index in [0.29, 0.717) is 0 Å². The number of hydrogen-bond acceptors (Lipinski definition) is 3. The lowest BCUT2D eigenvalue weighted by molar-refractivity contribution is 0.250. The molecule has 0 radical (unpaired) electrons. The summed E-state index contributed by atoms with van der Waals surface area (Å²) in [4.78, 5) is 0. The van der Waals surface area contributed by atoms with E-state index in [1.54, 1.807) is 14.2 Å². The molecule has 0 bridgehead atoms. The molecule has 0 saturated carbocycles. The average molecular weight is 340 g/mol. The molecule has 0 heterocycles. The molecule has 0 amide bonds. The Kier molecular flexibility index (Phi) is 7.82. The number of anilines is 1. The minimum absolute atomic E-state index is 1.00. The van der Waals surface area contributed by atoms with Crippen molar-refractivity contribution < 1.29 is 8.85 Å². The predicted octanol–water partition coefficient (Wildman–Crippen LogP) is 4.86. The van der Waals surface area contributed by atoms with Crippen LogP contribution >= 0.6 is 0 Å². The Morgan fingerprint density at radius 2 is 1.41 bits per heavy atom. The van der Waals surface area contributed by atoms with Gasteiger partial charge in [-0.25, -0.2) is 0 Å². The highest BCUT2D eigenvalue weighted by Gasteiger charge is 2.37. The highest BCUT2D eigenvalue weighted by Crippen LogP contribution is 2.31. The zero-order valence-corrected chi connectivity index (χ0v) is 17.2. The summed E-state index contributed by atoms with van der Waals surface area (Å²) in [7, 11) is 0.0709. The highest BCUT2D eigenvalue weighted by molar-refractivity contribution is 6.83. The Morgan fingerprint density at radius 3 is 1.82 bits per heavy atom. The fourth-order valence-electron chi connectivity index (χ4n) is 3.17. The van der Waals surface area contributed by atoms with Crippen LogP contribution in [0.5, 0.6) is 0 Å². The lowest BCUT2D eigenvalue weighted by Gasteiger charge is -2.44. The fraction of sp³-hybridized carbons (Fsp3) is 0.647. The monoisotopic (exact) mass is 339 g/mol. The van der Waals surface area contributed by atoms with Crippen LogP contribution in [0.1, 0.15) is 20.8 Å². The Labute approximate surface area is 139 Å². The maximum Gasteiger partial charge on any atom is 0.336 e. The molecule has 1 rings (SSSR count). The maximum absolute atomic E-state index is 5.69. The SMILES string of the molecule is CC[Si](CC)(CC)N(CC[Si](C)(OC)OC)c1ccccc1. The first kappa shape index (κ1) is 19.4. The van der Waals surface area contributed by atoms with Crippen LogP contribution in [-0.2, 0) is 8.85 Å². The zero-order valence-electron chi connectivity index (χ0n) is 15.2. The zero-order chi connectivity index (χ0) is 16.6. The molecule has 0 aliphatic heterocycles. The molecular weight excluding hydrogens is 306 g/mol. The Morgan fingerprint density at radius 1 is 0.909 bits per heavy atom. The summed E-state index contributed by atoms with van der Waals surface area (Å²) in [6.45, 7) is 10.3. The minimum Gasteiger partial charge on any atom is -0.398 e. The van der Waals surface area contributed by atoms with Crippen LogP contribution < -0.4 is 4.57 Å². The van der Waals surface area contributed by atoms with Gasteiger partial charge in [-0.05, 0) is 36.8 Å². The first-order chi connectivity index (χ1) is 10.5. The van der Waals surface area contributed by atoms with Crippen LogP contribution in [0, 0.1) is 0 Å². The van der Waals surface area contributed by atoms with E-state index >= 15 is 0 Å². The Hall–Kier alpha value is -0.626. The third-order valence-corrected chi connectivity index (χ3v) is 13.7. The van der Waals surface area contributed by atoms with Crippen molar-refractivity contribution >= 4 is 22.5 Å². The predicted molar refractivity (Wildman–Crippen MR) is 101 cm³/mol. The maximum atomic E-state index is 5.69. The molecule has 1 aromatic carbocycles. The first-order valence-electron chi connectivity index (χ1n) is 8.43. The second-order valence-corrected chi connectivity index (χ2v) is 14.8. The van der Waals surface area contributed by atoms with Gasteiger partial charge in [0.1, 0.15) is 0 Å². The summed E-state index contributed by atoms with van der Waals surface area (Å²) in [5.41, 5.74) is 1.36. The summed E-state index contributed by atoms with van der Waals surface area (Å²) >= 11 is 0. The van der Waals surface area contributed by atoms with Crippen LogP contribution in [0.3, 0.4) is 0 Å². The lowest BCUT2D eigenvalue weighted by atomic mass is 10.3. The highest BCUT2D eigenvalue weighted by atomic mass is 28.4. The van der Waals surface area contributed by atoms with Crippen molar-refractivity contribution in [2.75, 3.05) is 25.3 Å². The summed E-state index contributed by atoms with van der Waals surface area (Å²) < 4.78 is 14.1. The quantitative estimate of drug-likeness (QED) is 0.568. The standard InChI is InChI=1S/C17H33NO2Si2/c1-7-22(8-2,9-3)18(17-13-11-10-12-14-17)15-16-21(6,19-4)20-5/h10-14H,7-9,15-16H2,1-6H3. The molecule has 0 saturated heterocycles. The molecule has 0 aromatic heterocycles. The van der Waals surface area contributed by atoms with E-state index in [-0.39, 0.29) is 0 Å². The number of hydrogen-bond donors (Lipinski definition) is 0. The smallest absolute Gasteiger partial charge is 0.336 e. The van der Waals surface area contributed by atoms with E-state index in [1.165, 1.54) is 23.8 Å². The van der Waals surface area contributed by atoms with Crippen molar-refractivity contribution in [1.29, 1.82) is 0 Å². The van der Waals surface area contributed by atoms with E-state index in [1.807, 2.05) is 0 Å². The molecule has 0 spiro atoms. The average Bonchev–Trinajstić information content (AvgIpc) is 2.59. The van der Waals surface area contributed by atoms with Crippen LogP contribution in [-0.4, -0.2) is 37.6 Å². The van der Waals surface area contributed by atoms with Crippen molar-refractivity contribution in [3.63, 3.8) is 0 Å². The third-order valence-electron chi connectivity index (χ3n) is 5.27. The molecule has 22 heavy (non-hydrogen) atoms. The Bertz CT molecular complexity index is 412. The molecule has 0 atom stereocenters. The van der Waals surface area contributed by atoms with Gasteiger partial charge in [0.15, 0.2) is 8.24 Å². The van der Waals surface area contributed by atoms with Crippen molar-refractivity contribution in [3.8, 4) is 0 Å². The van der Waals surface area contributed by atoms with Gasteiger partial charge in [-0.2, -0.15) is 0 Å². The van der Waals surface area contributed by atoms with E-state index in [9.17, 15) is 0 Å². The van der Waals surface area contributed by atoms with Gasteiger partial charge in [0, 0.05) is 32.5 Å². The van der Waals surface area contributed by atoms with E-state index in [2.05, 4.69) is 62.2 Å². The number of benzene rings is 1. The van der Waals surface area contributed by atoms with E-state index in [0.717, 1.165) is 12.6 Å². The molecule has 0 N–H and O–H groups in total. The molecule has 1 aromatic rings. The van der Waals surface area contributed by atoms with Gasteiger partial charge in [0.2, 0.25) is 0 Å². The lowest BCUT2D eigenvalue weighted by Crippen LogP contribution is -2.54. The fourth-order valence-corrected chi connectivity index (χ4v) is 8.53. The molecule has 126 valence electrons. The van der Waals surface area contributed by atoms with Crippen molar-refractivity contribution in [2.24, 2.45) is 0 Å². The summed E-state index contributed by atoms with van der Waals surface area (Å²) in [5, 5.41) is 0. The molecule has 0 fully saturated rings. The molecule has 3 nitrogen and oxygen atoms in total. The van der Waals surface area contributed by atoms with Gasteiger partial charge in [0.25, 0.3) is 0 Å². The van der Waals surface area contributed by atoms with Crippen LogP contribution in [0.15, 0.2) is 30.3 Å². The van der Waals surface area contributed by atoms with Crippen LogP contribution in [0.4, 0.5) is 5.69 Å². The topological polar surface area (TPSA) is 21.7 Å². The first-order valence-corrected chi connectivity index (χ1v) is 13.5. The van der Waals surface area contributed by atoms with Gasteiger partial charge in [-0.1, -0.05) is 39.0 Å². The van der Waals surface area contributed by atoms with Gasteiger partial charge in [-0.3, -0.25) is 0 Å². The summed E-state index contributed by atoms with van der Waals surface area (Å²) in [5.74, 6) is 0. The van der Waals surface area contributed by atoms with Crippen molar-refractivity contribution in [2.45, 2.75) is 51.5 Å². The van der Waals surface area contributed by atoms with Crippen LogP contribution in [0.2, 0.25) is 30.7 Å². The van der Waals surface area contributed by atoms with Gasteiger partial charge in [0.05, 0.1) is 0 Å². The second kappa shape index (κ2) is 8.86. The van der Waals surface area contributed by atoms with E-state index in [4.69, 9.17) is 8.85 Å². The Balaban J connectivity index is 3.07. The third kappa shape index (κ3) is 4.44. The van der Waals surface area contributed by atoms with Gasteiger partial charge < -0.3 is 13.4 Å².